The van der Waals surface area contributed by atoms with Crippen LogP contribution in [-0.2, 0) is 19.1 Å². The van der Waals surface area contributed by atoms with Crippen LogP contribution in [0.3, 0.4) is 0 Å². The van der Waals surface area contributed by atoms with E-state index in [4.69, 9.17) is 9.47 Å². The molecule has 0 amide bonds. The van der Waals surface area contributed by atoms with Crippen LogP contribution >= 0.6 is 0 Å². The monoisotopic (exact) mass is 901 g/mol. The van der Waals surface area contributed by atoms with Crippen LogP contribution in [0.1, 0.15) is 322 Å². The highest BCUT2D eigenvalue weighted by Gasteiger charge is 2.16. The molecule has 0 saturated heterocycles. The van der Waals surface area contributed by atoms with Gasteiger partial charge in [0.05, 0.1) is 6.61 Å². The van der Waals surface area contributed by atoms with Gasteiger partial charge >= 0.3 is 11.9 Å². The molecule has 1 atom stereocenters. The van der Waals surface area contributed by atoms with Gasteiger partial charge in [-0.25, -0.2) is 0 Å². The molecular formula is C59H112O5. The largest absolute Gasteiger partial charge is 0.462 e. The molecule has 0 rings (SSSR count). The van der Waals surface area contributed by atoms with Gasteiger partial charge in [0.25, 0.3) is 0 Å². The van der Waals surface area contributed by atoms with Gasteiger partial charge in [-0.05, 0) is 44.9 Å². The highest BCUT2D eigenvalue weighted by atomic mass is 16.6. The van der Waals surface area contributed by atoms with Crippen LogP contribution in [0, 0.1) is 0 Å². The van der Waals surface area contributed by atoms with Crippen molar-refractivity contribution in [3.63, 3.8) is 0 Å². The van der Waals surface area contributed by atoms with Gasteiger partial charge in [0.2, 0.25) is 0 Å². The summed E-state index contributed by atoms with van der Waals surface area (Å²) >= 11 is 0. The van der Waals surface area contributed by atoms with E-state index < -0.39 is 6.10 Å². The second-order valence-corrected chi connectivity index (χ2v) is 19.7. The SMILES string of the molecule is CCCCCCC/C=C\C/C=C\CCCCCCCCCCCCCC(=O)OC(CO)COC(=O)CCCCCCCCCCCCCCCCCCCCCCCCCCCCC. The van der Waals surface area contributed by atoms with Gasteiger partial charge < -0.3 is 14.6 Å². The Hall–Kier alpha value is -1.62. The van der Waals surface area contributed by atoms with E-state index in [9.17, 15) is 14.7 Å². The zero-order valence-electron chi connectivity index (χ0n) is 43.3. The van der Waals surface area contributed by atoms with Gasteiger partial charge in [0.1, 0.15) is 6.61 Å². The van der Waals surface area contributed by atoms with E-state index in [1.807, 2.05) is 0 Å². The summed E-state index contributed by atoms with van der Waals surface area (Å²) in [4.78, 5) is 24.5. The zero-order chi connectivity index (χ0) is 46.3. The first-order chi connectivity index (χ1) is 31.6. The maximum atomic E-state index is 12.3. The number of hydrogen-bond donors (Lipinski definition) is 1. The number of rotatable bonds is 54. The fraction of sp³-hybridized carbons (Fsp3) is 0.898. The molecule has 1 N–H and O–H groups in total. The molecule has 0 aromatic carbocycles. The number of hydrogen-bond acceptors (Lipinski definition) is 5. The van der Waals surface area contributed by atoms with Crippen LogP contribution in [0.2, 0.25) is 0 Å². The molecule has 0 bridgehead atoms. The molecule has 0 aliphatic carbocycles. The average molecular weight is 902 g/mol. The molecule has 5 heteroatoms. The maximum Gasteiger partial charge on any atom is 0.306 e. The van der Waals surface area contributed by atoms with Crippen LogP contribution in [-0.4, -0.2) is 36.4 Å². The summed E-state index contributed by atoms with van der Waals surface area (Å²) in [6.07, 6.45) is 70.2. The molecule has 0 aliphatic rings. The third-order valence-corrected chi connectivity index (χ3v) is 13.2. The van der Waals surface area contributed by atoms with E-state index in [0.29, 0.717) is 12.8 Å². The lowest BCUT2D eigenvalue weighted by molar-refractivity contribution is -0.161. The predicted molar refractivity (Wildman–Crippen MR) is 279 cm³/mol. The number of carbonyl (C=O) groups excluding carboxylic acids is 2. The number of allylic oxidation sites excluding steroid dienone is 4. The molecular weight excluding hydrogens is 789 g/mol. The molecule has 1 unspecified atom stereocenters. The third-order valence-electron chi connectivity index (χ3n) is 13.2. The van der Waals surface area contributed by atoms with Gasteiger partial charge in [-0.15, -0.1) is 0 Å². The van der Waals surface area contributed by atoms with E-state index in [0.717, 1.165) is 38.5 Å². The smallest absolute Gasteiger partial charge is 0.306 e. The van der Waals surface area contributed by atoms with Gasteiger partial charge in [0, 0.05) is 12.8 Å². The van der Waals surface area contributed by atoms with E-state index in [1.165, 1.54) is 257 Å². The fourth-order valence-electron chi connectivity index (χ4n) is 8.88. The minimum atomic E-state index is -0.770. The van der Waals surface area contributed by atoms with Crippen LogP contribution in [0.15, 0.2) is 24.3 Å². The third kappa shape index (κ3) is 53.0. The van der Waals surface area contributed by atoms with Crippen molar-refractivity contribution in [3.8, 4) is 0 Å². The Bertz CT molecular complexity index is 974. The summed E-state index contributed by atoms with van der Waals surface area (Å²) in [6.45, 7) is 4.18. The Morgan fingerprint density at radius 1 is 0.359 bits per heavy atom. The maximum absolute atomic E-state index is 12.3. The molecule has 0 heterocycles. The highest BCUT2D eigenvalue weighted by molar-refractivity contribution is 5.70. The fourth-order valence-corrected chi connectivity index (χ4v) is 8.88. The second kappa shape index (κ2) is 55.7. The van der Waals surface area contributed by atoms with Crippen LogP contribution in [0.4, 0.5) is 0 Å². The lowest BCUT2D eigenvalue weighted by atomic mass is 10.0. The molecule has 0 aromatic rings. The molecule has 0 spiro atoms. The van der Waals surface area contributed by atoms with Crippen molar-refractivity contribution < 1.29 is 24.2 Å². The van der Waals surface area contributed by atoms with E-state index in [2.05, 4.69) is 38.2 Å². The van der Waals surface area contributed by atoms with Gasteiger partial charge in [-0.1, -0.05) is 289 Å². The summed E-state index contributed by atoms with van der Waals surface area (Å²) in [5.41, 5.74) is 0. The Balaban J connectivity index is 3.42. The van der Waals surface area contributed by atoms with E-state index >= 15 is 0 Å². The summed E-state index contributed by atoms with van der Waals surface area (Å²) in [7, 11) is 0. The van der Waals surface area contributed by atoms with Gasteiger partial charge in [-0.2, -0.15) is 0 Å². The van der Waals surface area contributed by atoms with Gasteiger partial charge in [-0.3, -0.25) is 9.59 Å². The van der Waals surface area contributed by atoms with Crippen molar-refractivity contribution in [1.29, 1.82) is 0 Å². The van der Waals surface area contributed by atoms with Crippen molar-refractivity contribution in [1.82, 2.24) is 0 Å². The minimum absolute atomic E-state index is 0.0607. The first kappa shape index (κ1) is 62.4. The summed E-state index contributed by atoms with van der Waals surface area (Å²) in [5.74, 6) is -0.573. The molecule has 0 aromatic heterocycles. The Kier molecular flexibility index (Phi) is 54.3. The lowest BCUT2D eigenvalue weighted by Crippen LogP contribution is -2.28. The molecule has 64 heavy (non-hydrogen) atoms. The van der Waals surface area contributed by atoms with Crippen LogP contribution < -0.4 is 0 Å². The number of carbonyl (C=O) groups is 2. The standard InChI is InChI=1S/C59H112O5/c1-3-5-7-9-11-13-15-17-19-21-23-25-27-28-29-30-32-33-35-37-39-41-43-45-47-49-51-53-58(61)63-56-57(55-60)64-59(62)54-52-50-48-46-44-42-40-38-36-34-31-26-24-22-20-18-16-14-12-10-8-6-4-2/h16,18,22,24,57,60H,3-15,17,19-21,23,25-56H2,1-2H3/b18-16-,24-22-. The molecule has 378 valence electrons. The predicted octanol–water partition coefficient (Wildman–Crippen LogP) is 19.3. The van der Waals surface area contributed by atoms with Gasteiger partial charge in [0.15, 0.2) is 6.10 Å². The summed E-state index contributed by atoms with van der Waals surface area (Å²) in [5, 5.41) is 9.65. The second-order valence-electron chi connectivity index (χ2n) is 19.7. The Morgan fingerprint density at radius 3 is 0.922 bits per heavy atom. The summed E-state index contributed by atoms with van der Waals surface area (Å²) in [6, 6.07) is 0. The Morgan fingerprint density at radius 2 is 0.625 bits per heavy atom. The average Bonchev–Trinajstić information content (AvgIpc) is 3.30. The number of ether oxygens (including phenoxy) is 2. The molecule has 0 saturated carbocycles. The quantitative estimate of drug-likeness (QED) is 0.0374. The molecule has 0 radical (unpaired) electrons. The zero-order valence-corrected chi connectivity index (χ0v) is 43.3. The van der Waals surface area contributed by atoms with E-state index in [-0.39, 0.29) is 25.2 Å². The first-order valence-electron chi connectivity index (χ1n) is 28.9. The van der Waals surface area contributed by atoms with Crippen molar-refractivity contribution in [3.05, 3.63) is 24.3 Å². The van der Waals surface area contributed by atoms with Crippen molar-refractivity contribution >= 4 is 11.9 Å². The number of aliphatic hydroxyl groups is 1. The normalized spacial score (nSPS) is 12.2. The lowest BCUT2D eigenvalue weighted by Gasteiger charge is -2.15. The van der Waals surface area contributed by atoms with E-state index in [1.54, 1.807) is 0 Å². The first-order valence-corrected chi connectivity index (χ1v) is 28.9. The number of unbranched alkanes of at least 4 members (excludes halogenated alkanes) is 42. The number of aliphatic hydroxyl groups excluding tert-OH is 1. The van der Waals surface area contributed by atoms with Crippen molar-refractivity contribution in [2.75, 3.05) is 13.2 Å². The van der Waals surface area contributed by atoms with Crippen molar-refractivity contribution in [2.24, 2.45) is 0 Å². The summed E-state index contributed by atoms with van der Waals surface area (Å²) < 4.78 is 10.7. The van der Waals surface area contributed by atoms with Crippen LogP contribution in [0.5, 0.6) is 0 Å². The molecule has 5 nitrogen and oxygen atoms in total. The Labute approximate surface area is 400 Å². The minimum Gasteiger partial charge on any atom is -0.462 e. The number of esters is 2. The van der Waals surface area contributed by atoms with Crippen molar-refractivity contribution in [2.45, 2.75) is 328 Å². The topological polar surface area (TPSA) is 72.8 Å². The van der Waals surface area contributed by atoms with Crippen LogP contribution in [0.25, 0.3) is 0 Å². The highest BCUT2D eigenvalue weighted by Crippen LogP contribution is 2.18. The molecule has 0 aliphatic heterocycles. The molecule has 0 fully saturated rings.